The van der Waals surface area contributed by atoms with Crippen molar-refractivity contribution in [3.63, 3.8) is 0 Å². The number of halogens is 1. The molecular weight excluding hydrogens is 263 g/mol. The second-order valence-electron chi connectivity index (χ2n) is 7.45. The molecule has 0 bridgehead atoms. The average Bonchev–Trinajstić information content (AvgIpc) is 2.64. The smallest absolute Gasteiger partial charge is 0.123 e. The summed E-state index contributed by atoms with van der Waals surface area (Å²) in [5.74, 6) is 0.596. The Kier molecular flexibility index (Phi) is 5.39. The van der Waals surface area contributed by atoms with E-state index in [1.54, 1.807) is 12.1 Å². The van der Waals surface area contributed by atoms with Gasteiger partial charge in [0.1, 0.15) is 5.82 Å². The molecule has 2 nitrogen and oxygen atoms in total. The van der Waals surface area contributed by atoms with E-state index in [2.05, 4.69) is 25.7 Å². The minimum Gasteiger partial charge on any atom is -0.323 e. The lowest BCUT2D eigenvalue weighted by molar-refractivity contribution is 0.205. The molecule has 0 aromatic heterocycles. The van der Waals surface area contributed by atoms with Crippen LogP contribution < -0.4 is 5.73 Å². The van der Waals surface area contributed by atoms with E-state index in [4.69, 9.17) is 5.73 Å². The second kappa shape index (κ2) is 6.89. The fourth-order valence-electron chi connectivity index (χ4n) is 3.30. The predicted octanol–water partition coefficient (Wildman–Crippen LogP) is 3.97. The van der Waals surface area contributed by atoms with Crippen molar-refractivity contribution < 1.29 is 4.39 Å². The highest BCUT2D eigenvalue weighted by molar-refractivity contribution is 5.19. The summed E-state index contributed by atoms with van der Waals surface area (Å²) < 4.78 is 13.0. The number of likely N-dealkylation sites (tertiary alicyclic amines) is 1. The topological polar surface area (TPSA) is 29.3 Å². The van der Waals surface area contributed by atoms with E-state index in [1.807, 2.05) is 0 Å². The van der Waals surface area contributed by atoms with E-state index < -0.39 is 0 Å². The largest absolute Gasteiger partial charge is 0.323 e. The minimum absolute atomic E-state index is 0.0308. The number of benzene rings is 1. The molecule has 0 radical (unpaired) electrons. The van der Waals surface area contributed by atoms with E-state index >= 15 is 0 Å². The molecular formula is C18H29FN2. The summed E-state index contributed by atoms with van der Waals surface area (Å²) in [6.45, 7) is 10.1. The normalized spacial score (nSPS) is 22.8. The maximum absolute atomic E-state index is 13.0. The third-order valence-electron chi connectivity index (χ3n) is 4.80. The highest BCUT2D eigenvalue weighted by Crippen LogP contribution is 2.34. The summed E-state index contributed by atoms with van der Waals surface area (Å²) in [5, 5.41) is 0. The van der Waals surface area contributed by atoms with Crippen LogP contribution in [0.1, 0.15) is 51.6 Å². The monoisotopic (exact) mass is 292 g/mol. The Balaban J connectivity index is 1.90. The van der Waals surface area contributed by atoms with Crippen LogP contribution >= 0.6 is 0 Å². The van der Waals surface area contributed by atoms with E-state index in [-0.39, 0.29) is 11.9 Å². The number of hydrogen-bond donors (Lipinski definition) is 1. The minimum atomic E-state index is -0.200. The first-order valence-electron chi connectivity index (χ1n) is 8.09. The summed E-state index contributed by atoms with van der Waals surface area (Å²) in [7, 11) is 0. The lowest BCUT2D eigenvalue weighted by atomic mass is 9.77. The number of nitrogens with zero attached hydrogens (tertiary/aromatic N) is 1. The molecule has 0 aliphatic carbocycles. The molecule has 2 unspecified atom stereocenters. The molecule has 118 valence electrons. The predicted molar refractivity (Wildman–Crippen MR) is 86.6 cm³/mol. The van der Waals surface area contributed by atoms with Crippen LogP contribution in [0.2, 0.25) is 0 Å². The third-order valence-corrected chi connectivity index (χ3v) is 4.80. The Bertz CT molecular complexity index is 436. The summed E-state index contributed by atoms with van der Waals surface area (Å²) in [6.07, 6.45) is 3.81. The van der Waals surface area contributed by atoms with Gasteiger partial charge in [-0.25, -0.2) is 4.39 Å². The second-order valence-corrected chi connectivity index (χ2v) is 7.45. The van der Waals surface area contributed by atoms with Crippen molar-refractivity contribution >= 4 is 0 Å². The van der Waals surface area contributed by atoms with Gasteiger partial charge < -0.3 is 10.6 Å². The standard InChI is InChI=1S/C18H29FN2/c1-18(2,3)15-5-4-11-21(12-10-15)13-17(20)14-6-8-16(19)9-7-14/h6-9,15,17H,4-5,10-13,20H2,1-3H3. The molecule has 1 aliphatic heterocycles. The van der Waals surface area contributed by atoms with Crippen LogP contribution in [0.3, 0.4) is 0 Å². The van der Waals surface area contributed by atoms with Crippen molar-refractivity contribution in [3.8, 4) is 0 Å². The SMILES string of the molecule is CC(C)(C)C1CCCN(CC(N)c2ccc(F)cc2)CC1. The van der Waals surface area contributed by atoms with Crippen molar-refractivity contribution in [2.75, 3.05) is 19.6 Å². The highest BCUT2D eigenvalue weighted by atomic mass is 19.1. The zero-order chi connectivity index (χ0) is 15.5. The Morgan fingerprint density at radius 2 is 1.86 bits per heavy atom. The maximum Gasteiger partial charge on any atom is 0.123 e. The van der Waals surface area contributed by atoms with Gasteiger partial charge >= 0.3 is 0 Å². The van der Waals surface area contributed by atoms with Gasteiger partial charge in [0.2, 0.25) is 0 Å². The Hall–Kier alpha value is -0.930. The van der Waals surface area contributed by atoms with Crippen LogP contribution in [0.4, 0.5) is 4.39 Å². The molecule has 1 saturated heterocycles. The molecule has 1 fully saturated rings. The quantitative estimate of drug-likeness (QED) is 0.913. The zero-order valence-corrected chi connectivity index (χ0v) is 13.6. The highest BCUT2D eigenvalue weighted by Gasteiger charge is 2.27. The lowest BCUT2D eigenvalue weighted by Gasteiger charge is -2.30. The van der Waals surface area contributed by atoms with Gasteiger partial charge in [0.25, 0.3) is 0 Å². The molecule has 0 amide bonds. The molecule has 1 heterocycles. The van der Waals surface area contributed by atoms with Gasteiger partial charge in [-0.05, 0) is 61.4 Å². The molecule has 3 heteroatoms. The van der Waals surface area contributed by atoms with Crippen LogP contribution in [-0.4, -0.2) is 24.5 Å². The van der Waals surface area contributed by atoms with Crippen LogP contribution in [0.15, 0.2) is 24.3 Å². The summed E-state index contributed by atoms with van der Waals surface area (Å²) in [6, 6.07) is 6.56. The van der Waals surface area contributed by atoms with Crippen molar-refractivity contribution in [3.05, 3.63) is 35.6 Å². The van der Waals surface area contributed by atoms with E-state index in [1.165, 1.54) is 31.4 Å². The van der Waals surface area contributed by atoms with Gasteiger partial charge in [0.05, 0.1) is 0 Å². The van der Waals surface area contributed by atoms with E-state index in [0.29, 0.717) is 5.41 Å². The molecule has 1 aromatic rings. The number of rotatable bonds is 3. The Labute approximate surface area is 128 Å². The molecule has 2 atom stereocenters. The van der Waals surface area contributed by atoms with Crippen LogP contribution in [0.25, 0.3) is 0 Å². The van der Waals surface area contributed by atoms with Crippen molar-refractivity contribution in [1.82, 2.24) is 4.90 Å². The fourth-order valence-corrected chi connectivity index (χ4v) is 3.30. The van der Waals surface area contributed by atoms with Crippen LogP contribution in [0.5, 0.6) is 0 Å². The Morgan fingerprint density at radius 3 is 2.48 bits per heavy atom. The first kappa shape index (κ1) is 16.4. The summed E-state index contributed by atoms with van der Waals surface area (Å²) in [5.41, 5.74) is 7.70. The molecule has 21 heavy (non-hydrogen) atoms. The van der Waals surface area contributed by atoms with Crippen molar-refractivity contribution in [2.24, 2.45) is 17.1 Å². The van der Waals surface area contributed by atoms with Crippen molar-refractivity contribution in [1.29, 1.82) is 0 Å². The molecule has 1 aromatic carbocycles. The van der Waals surface area contributed by atoms with Crippen molar-refractivity contribution in [2.45, 2.75) is 46.1 Å². The van der Waals surface area contributed by atoms with Gasteiger partial charge in [0, 0.05) is 12.6 Å². The molecule has 1 aliphatic rings. The Morgan fingerprint density at radius 1 is 1.19 bits per heavy atom. The van der Waals surface area contributed by atoms with Gasteiger partial charge in [0.15, 0.2) is 0 Å². The van der Waals surface area contributed by atoms with Gasteiger partial charge in [-0.2, -0.15) is 0 Å². The number of nitrogens with two attached hydrogens (primary N) is 1. The summed E-state index contributed by atoms with van der Waals surface area (Å²) >= 11 is 0. The first-order valence-corrected chi connectivity index (χ1v) is 8.09. The van der Waals surface area contributed by atoms with Gasteiger partial charge in [-0.1, -0.05) is 32.9 Å². The zero-order valence-electron chi connectivity index (χ0n) is 13.6. The lowest BCUT2D eigenvalue weighted by Crippen LogP contribution is -2.33. The third kappa shape index (κ3) is 4.79. The molecule has 2 rings (SSSR count). The van der Waals surface area contributed by atoms with E-state index in [9.17, 15) is 4.39 Å². The molecule has 0 saturated carbocycles. The van der Waals surface area contributed by atoms with Crippen LogP contribution in [-0.2, 0) is 0 Å². The molecule has 2 N–H and O–H groups in total. The fraction of sp³-hybridized carbons (Fsp3) is 0.667. The maximum atomic E-state index is 13.0. The van der Waals surface area contributed by atoms with Gasteiger partial charge in [-0.3, -0.25) is 0 Å². The van der Waals surface area contributed by atoms with Crippen LogP contribution in [0, 0.1) is 17.2 Å². The molecule has 0 spiro atoms. The first-order chi connectivity index (χ1) is 9.86. The van der Waals surface area contributed by atoms with E-state index in [0.717, 1.165) is 31.1 Å². The van der Waals surface area contributed by atoms with Gasteiger partial charge in [-0.15, -0.1) is 0 Å². The summed E-state index contributed by atoms with van der Waals surface area (Å²) in [4.78, 5) is 2.47. The average molecular weight is 292 g/mol. The number of hydrogen-bond acceptors (Lipinski definition) is 2.